The lowest BCUT2D eigenvalue weighted by molar-refractivity contribution is -0.143. The molecule has 10 heteroatoms. The molecule has 1 aliphatic rings. The normalized spacial score (nSPS) is 17.7. The molecule has 2 amide bonds. The summed E-state index contributed by atoms with van der Waals surface area (Å²) in [6, 6.07) is 5.90. The van der Waals surface area contributed by atoms with Crippen molar-refractivity contribution in [2.45, 2.75) is 24.3 Å². The van der Waals surface area contributed by atoms with Gasteiger partial charge in [0.1, 0.15) is 0 Å². The van der Waals surface area contributed by atoms with Crippen molar-refractivity contribution in [1.29, 1.82) is 0 Å². The number of nitrogens with one attached hydrogen (secondary N) is 1. The van der Waals surface area contributed by atoms with Crippen molar-refractivity contribution in [3.63, 3.8) is 0 Å². The third-order valence-corrected chi connectivity index (χ3v) is 6.52. The predicted molar refractivity (Wildman–Crippen MR) is 97.5 cm³/mol. The topological polar surface area (TPSA) is 127 Å². The highest BCUT2D eigenvalue weighted by atomic mass is 32.2. The smallest absolute Gasteiger partial charge is 0.317 e. The molecule has 1 saturated heterocycles. The molecule has 1 heterocycles. The second-order valence-electron chi connectivity index (χ2n) is 6.44. The van der Waals surface area contributed by atoms with Gasteiger partial charge >= 0.3 is 12.0 Å². The molecule has 1 aromatic carbocycles. The van der Waals surface area contributed by atoms with E-state index in [-0.39, 0.29) is 31.1 Å². The van der Waals surface area contributed by atoms with Gasteiger partial charge in [0.2, 0.25) is 10.0 Å². The number of rotatable bonds is 7. The molecule has 1 aromatic rings. The Labute approximate surface area is 158 Å². The molecule has 2 rings (SSSR count). The van der Waals surface area contributed by atoms with Crippen LogP contribution in [0.5, 0.6) is 0 Å². The van der Waals surface area contributed by atoms with Crippen LogP contribution in [0.1, 0.15) is 18.4 Å². The quantitative estimate of drug-likeness (QED) is 0.605. The Morgan fingerprint density at radius 2 is 2.04 bits per heavy atom. The molecule has 1 fully saturated rings. The van der Waals surface area contributed by atoms with Crippen LogP contribution in [-0.2, 0) is 21.4 Å². The summed E-state index contributed by atoms with van der Waals surface area (Å²) in [6.45, 7) is 0.270. The molecule has 3 N–H and O–H groups in total. The van der Waals surface area contributed by atoms with Gasteiger partial charge < -0.3 is 20.4 Å². The largest absolute Gasteiger partial charge is 0.481 e. The maximum atomic E-state index is 12.6. The number of benzene rings is 1. The number of piperidine rings is 1. The Morgan fingerprint density at radius 3 is 2.70 bits per heavy atom. The number of carboxylic acids is 1. The SMILES string of the molecule is CN(CCO)S(=O)(=O)c1ccccc1CNC(=O)N1CCCC(C(=O)O)C1. The Balaban J connectivity index is 2.08. The first-order valence-electron chi connectivity index (χ1n) is 8.68. The van der Waals surface area contributed by atoms with Gasteiger partial charge in [-0.15, -0.1) is 0 Å². The van der Waals surface area contributed by atoms with Gasteiger partial charge in [0, 0.05) is 33.2 Å². The van der Waals surface area contributed by atoms with Gasteiger partial charge in [-0.3, -0.25) is 4.79 Å². The molecule has 1 aliphatic heterocycles. The minimum Gasteiger partial charge on any atom is -0.481 e. The number of nitrogens with zero attached hydrogens (tertiary/aromatic N) is 2. The molecule has 1 atom stereocenters. The van der Waals surface area contributed by atoms with Crippen LogP contribution in [0.3, 0.4) is 0 Å². The second kappa shape index (κ2) is 9.16. The highest BCUT2D eigenvalue weighted by molar-refractivity contribution is 7.89. The van der Waals surface area contributed by atoms with Gasteiger partial charge in [-0.1, -0.05) is 18.2 Å². The molecule has 0 aromatic heterocycles. The third-order valence-electron chi connectivity index (χ3n) is 4.56. The number of carbonyl (C=O) groups is 2. The molecule has 27 heavy (non-hydrogen) atoms. The summed E-state index contributed by atoms with van der Waals surface area (Å²) < 4.78 is 26.3. The highest BCUT2D eigenvalue weighted by Gasteiger charge is 2.28. The van der Waals surface area contributed by atoms with Crippen LogP contribution in [0.4, 0.5) is 4.79 Å². The minimum atomic E-state index is -3.79. The average molecular weight is 399 g/mol. The third kappa shape index (κ3) is 5.18. The number of hydrogen-bond donors (Lipinski definition) is 3. The van der Waals surface area contributed by atoms with E-state index in [4.69, 9.17) is 10.2 Å². The van der Waals surface area contributed by atoms with Crippen molar-refractivity contribution >= 4 is 22.0 Å². The molecule has 9 nitrogen and oxygen atoms in total. The van der Waals surface area contributed by atoms with E-state index in [2.05, 4.69) is 5.32 Å². The first kappa shape index (κ1) is 21.1. The zero-order chi connectivity index (χ0) is 20.0. The van der Waals surface area contributed by atoms with E-state index in [1.54, 1.807) is 18.2 Å². The van der Waals surface area contributed by atoms with E-state index in [1.807, 2.05) is 0 Å². The van der Waals surface area contributed by atoms with Crippen LogP contribution in [-0.4, -0.2) is 73.1 Å². The summed E-state index contributed by atoms with van der Waals surface area (Å²) >= 11 is 0. The van der Waals surface area contributed by atoms with Crippen molar-refractivity contribution in [2.75, 3.05) is 33.3 Å². The van der Waals surface area contributed by atoms with E-state index in [1.165, 1.54) is 18.0 Å². The fourth-order valence-electron chi connectivity index (χ4n) is 2.98. The fourth-order valence-corrected chi connectivity index (χ4v) is 4.36. The molecule has 0 aliphatic carbocycles. The van der Waals surface area contributed by atoms with Crippen LogP contribution in [0, 0.1) is 5.92 Å². The number of aliphatic carboxylic acids is 1. The lowest BCUT2D eigenvalue weighted by Gasteiger charge is -2.30. The van der Waals surface area contributed by atoms with Crippen LogP contribution >= 0.6 is 0 Å². The number of carboxylic acid groups (broad SMARTS) is 1. The summed E-state index contributed by atoms with van der Waals surface area (Å²) in [4.78, 5) is 25.0. The van der Waals surface area contributed by atoms with Crippen LogP contribution in [0.15, 0.2) is 29.2 Å². The van der Waals surface area contributed by atoms with Gasteiger partial charge in [-0.25, -0.2) is 13.2 Å². The maximum absolute atomic E-state index is 12.6. The number of aliphatic hydroxyl groups is 1. The number of amides is 2. The fraction of sp³-hybridized carbons (Fsp3) is 0.529. The summed E-state index contributed by atoms with van der Waals surface area (Å²) in [7, 11) is -2.42. The number of carbonyl (C=O) groups excluding carboxylic acids is 1. The molecular formula is C17H25N3O6S. The molecule has 0 radical (unpaired) electrons. The van der Waals surface area contributed by atoms with Gasteiger partial charge in [0.05, 0.1) is 17.4 Å². The lowest BCUT2D eigenvalue weighted by atomic mass is 9.99. The van der Waals surface area contributed by atoms with Crippen LogP contribution in [0.25, 0.3) is 0 Å². The van der Waals surface area contributed by atoms with Gasteiger partial charge in [0.15, 0.2) is 0 Å². The van der Waals surface area contributed by atoms with Crippen LogP contribution in [0.2, 0.25) is 0 Å². The van der Waals surface area contributed by atoms with E-state index < -0.39 is 27.9 Å². The number of urea groups is 1. The molecule has 0 saturated carbocycles. The van der Waals surface area contributed by atoms with Gasteiger partial charge in [-0.2, -0.15) is 4.31 Å². The van der Waals surface area contributed by atoms with E-state index >= 15 is 0 Å². The zero-order valence-corrected chi connectivity index (χ0v) is 16.0. The zero-order valence-electron chi connectivity index (χ0n) is 15.2. The maximum Gasteiger partial charge on any atom is 0.317 e. The monoisotopic (exact) mass is 399 g/mol. The summed E-state index contributed by atoms with van der Waals surface area (Å²) in [5.74, 6) is -1.50. The predicted octanol–water partition coefficient (Wildman–Crippen LogP) is 0.306. The standard InChI is InChI=1S/C17H25N3O6S/c1-19(9-10-21)27(25,26)15-7-3-2-5-13(15)11-18-17(24)20-8-4-6-14(12-20)16(22)23/h2-3,5,7,14,21H,4,6,8-12H2,1H3,(H,18,24)(H,22,23). The van der Waals surface area contributed by atoms with Crippen molar-refractivity contribution < 1.29 is 28.2 Å². The molecule has 1 unspecified atom stereocenters. The number of likely N-dealkylation sites (tertiary alicyclic amines) is 1. The molecule has 150 valence electrons. The summed E-state index contributed by atoms with van der Waals surface area (Å²) in [5.41, 5.74) is 0.419. The number of hydrogen-bond acceptors (Lipinski definition) is 5. The summed E-state index contributed by atoms with van der Waals surface area (Å²) in [5, 5.41) is 20.8. The first-order valence-corrected chi connectivity index (χ1v) is 10.1. The molecular weight excluding hydrogens is 374 g/mol. The lowest BCUT2D eigenvalue weighted by Crippen LogP contribution is -2.46. The van der Waals surface area contributed by atoms with Crippen molar-refractivity contribution in [3.8, 4) is 0 Å². The van der Waals surface area contributed by atoms with Crippen molar-refractivity contribution in [1.82, 2.24) is 14.5 Å². The number of aliphatic hydroxyl groups excluding tert-OH is 1. The van der Waals surface area contributed by atoms with Crippen LogP contribution < -0.4 is 5.32 Å². The Morgan fingerprint density at radius 1 is 1.33 bits per heavy atom. The Kier molecular flexibility index (Phi) is 7.17. The number of likely N-dealkylation sites (N-methyl/N-ethyl adjacent to an activating group) is 1. The van der Waals surface area contributed by atoms with E-state index in [9.17, 15) is 18.0 Å². The van der Waals surface area contributed by atoms with E-state index in [0.29, 0.717) is 24.9 Å². The summed E-state index contributed by atoms with van der Waals surface area (Å²) in [6.07, 6.45) is 1.15. The molecule has 0 bridgehead atoms. The Hall–Kier alpha value is -2.17. The Bertz CT molecular complexity index is 783. The molecule has 0 spiro atoms. The highest BCUT2D eigenvalue weighted by Crippen LogP contribution is 2.20. The minimum absolute atomic E-state index is 0.00452. The number of sulfonamides is 1. The second-order valence-corrected chi connectivity index (χ2v) is 8.45. The van der Waals surface area contributed by atoms with Gasteiger partial charge in [0.25, 0.3) is 0 Å². The first-order chi connectivity index (χ1) is 12.8. The average Bonchev–Trinajstić information content (AvgIpc) is 2.66. The van der Waals surface area contributed by atoms with Crippen molar-refractivity contribution in [2.24, 2.45) is 5.92 Å². The van der Waals surface area contributed by atoms with E-state index in [0.717, 1.165) is 4.31 Å². The van der Waals surface area contributed by atoms with Crippen molar-refractivity contribution in [3.05, 3.63) is 29.8 Å². The van der Waals surface area contributed by atoms with Gasteiger partial charge in [-0.05, 0) is 24.5 Å².